The number of carbonyl (C=O) groups is 1. The van der Waals surface area contributed by atoms with Crippen LogP contribution in [0, 0.1) is 11.8 Å². The summed E-state index contributed by atoms with van der Waals surface area (Å²) in [5.74, 6) is 3.66. The van der Waals surface area contributed by atoms with Crippen molar-refractivity contribution in [2.24, 2.45) is 11.8 Å². The number of ether oxygens (including phenoxy) is 1. The van der Waals surface area contributed by atoms with E-state index in [1.54, 1.807) is 0 Å². The molecule has 17 heavy (non-hydrogen) atoms. The average molecular weight is 256 g/mol. The molecule has 2 heterocycles. The van der Waals surface area contributed by atoms with E-state index >= 15 is 0 Å². The van der Waals surface area contributed by atoms with Gasteiger partial charge in [-0.05, 0) is 43.1 Å². The minimum atomic E-state index is 0.121. The molecule has 2 saturated heterocycles. The van der Waals surface area contributed by atoms with E-state index in [-0.39, 0.29) is 11.5 Å². The van der Waals surface area contributed by atoms with Gasteiger partial charge in [0.2, 0.25) is 0 Å². The van der Waals surface area contributed by atoms with E-state index in [9.17, 15) is 4.79 Å². The van der Waals surface area contributed by atoms with Crippen molar-refractivity contribution in [3.8, 4) is 0 Å². The Morgan fingerprint density at radius 1 is 1.47 bits per heavy atom. The molecule has 2 nitrogen and oxygen atoms in total. The summed E-state index contributed by atoms with van der Waals surface area (Å²) in [6.45, 7) is 4.95. The third-order valence-electron chi connectivity index (χ3n) is 4.50. The third kappa shape index (κ3) is 3.05. The molecule has 2 rings (SSSR count). The summed E-state index contributed by atoms with van der Waals surface area (Å²) < 4.78 is 6.08. The van der Waals surface area contributed by atoms with E-state index in [1.165, 1.54) is 24.3 Å². The fourth-order valence-corrected chi connectivity index (χ4v) is 4.41. The summed E-state index contributed by atoms with van der Waals surface area (Å²) in [4.78, 5) is 11.8. The van der Waals surface area contributed by atoms with Crippen LogP contribution < -0.4 is 0 Å². The second-order valence-corrected chi connectivity index (χ2v) is 6.73. The van der Waals surface area contributed by atoms with Crippen molar-refractivity contribution >= 4 is 17.5 Å². The first-order chi connectivity index (χ1) is 8.17. The van der Waals surface area contributed by atoms with Gasteiger partial charge in [-0.2, -0.15) is 11.8 Å². The van der Waals surface area contributed by atoms with E-state index in [4.69, 9.17) is 4.74 Å². The molecule has 1 spiro atoms. The van der Waals surface area contributed by atoms with Gasteiger partial charge in [0.1, 0.15) is 5.78 Å². The molecule has 0 bridgehead atoms. The first-order valence-corrected chi connectivity index (χ1v) is 8.07. The van der Waals surface area contributed by atoms with Crippen molar-refractivity contribution in [1.29, 1.82) is 0 Å². The van der Waals surface area contributed by atoms with Crippen molar-refractivity contribution in [2.75, 3.05) is 18.1 Å². The number of ketones is 1. The molecule has 3 heteroatoms. The van der Waals surface area contributed by atoms with Gasteiger partial charge in [-0.3, -0.25) is 4.79 Å². The Morgan fingerprint density at radius 3 is 2.82 bits per heavy atom. The summed E-state index contributed by atoms with van der Waals surface area (Å²) in [5.41, 5.74) is 0.121. The molecule has 2 unspecified atom stereocenters. The SMILES string of the molecule is CCC(=O)C(C)C1CCOC2(CCSCC2)C1. The van der Waals surface area contributed by atoms with Crippen molar-refractivity contribution in [2.45, 2.75) is 51.6 Å². The lowest BCUT2D eigenvalue weighted by Gasteiger charge is -2.44. The van der Waals surface area contributed by atoms with E-state index in [1.807, 2.05) is 18.7 Å². The zero-order chi connectivity index (χ0) is 12.3. The zero-order valence-electron chi connectivity index (χ0n) is 11.0. The van der Waals surface area contributed by atoms with Crippen LogP contribution in [-0.2, 0) is 9.53 Å². The predicted molar refractivity (Wildman–Crippen MR) is 72.4 cm³/mol. The molecule has 0 saturated carbocycles. The number of carbonyl (C=O) groups excluding carboxylic acids is 1. The van der Waals surface area contributed by atoms with Gasteiger partial charge in [0, 0.05) is 18.9 Å². The smallest absolute Gasteiger partial charge is 0.135 e. The molecule has 0 aliphatic carbocycles. The number of thioether (sulfide) groups is 1. The van der Waals surface area contributed by atoms with E-state index in [2.05, 4.69) is 6.92 Å². The normalized spacial score (nSPS) is 30.1. The van der Waals surface area contributed by atoms with E-state index < -0.39 is 0 Å². The maximum Gasteiger partial charge on any atom is 0.135 e. The highest BCUT2D eigenvalue weighted by molar-refractivity contribution is 7.99. The first kappa shape index (κ1) is 13.4. The molecular weight excluding hydrogens is 232 g/mol. The highest BCUT2D eigenvalue weighted by Crippen LogP contribution is 2.42. The Labute approximate surface area is 109 Å². The largest absolute Gasteiger partial charge is 0.375 e. The number of hydrogen-bond donors (Lipinski definition) is 0. The second-order valence-electron chi connectivity index (χ2n) is 5.51. The standard InChI is InChI=1S/C14H24O2S/c1-3-13(15)11(2)12-4-7-16-14(10-12)5-8-17-9-6-14/h11-12H,3-10H2,1-2H3. The molecule has 0 radical (unpaired) electrons. The van der Waals surface area contributed by atoms with Gasteiger partial charge >= 0.3 is 0 Å². The van der Waals surface area contributed by atoms with Crippen molar-refractivity contribution < 1.29 is 9.53 Å². The highest BCUT2D eigenvalue weighted by atomic mass is 32.2. The van der Waals surface area contributed by atoms with E-state index in [0.717, 1.165) is 19.4 Å². The summed E-state index contributed by atoms with van der Waals surface area (Å²) in [6, 6.07) is 0. The van der Waals surface area contributed by atoms with Gasteiger partial charge in [0.05, 0.1) is 5.60 Å². The minimum Gasteiger partial charge on any atom is -0.375 e. The Kier molecular flexibility index (Phi) is 4.53. The van der Waals surface area contributed by atoms with Crippen LogP contribution in [0.15, 0.2) is 0 Å². The molecule has 2 atom stereocenters. The van der Waals surface area contributed by atoms with E-state index in [0.29, 0.717) is 18.1 Å². The fraction of sp³-hybridized carbons (Fsp3) is 0.929. The highest BCUT2D eigenvalue weighted by Gasteiger charge is 2.41. The lowest BCUT2D eigenvalue weighted by atomic mass is 9.75. The number of Topliss-reactive ketones (excluding diaryl/α,β-unsaturated/α-hetero) is 1. The monoisotopic (exact) mass is 256 g/mol. The lowest BCUT2D eigenvalue weighted by Crippen LogP contribution is -2.44. The van der Waals surface area contributed by atoms with Crippen LogP contribution in [0.25, 0.3) is 0 Å². The maximum absolute atomic E-state index is 11.8. The lowest BCUT2D eigenvalue weighted by molar-refractivity contribution is -0.132. The average Bonchev–Trinajstić information content (AvgIpc) is 2.38. The second kappa shape index (κ2) is 5.75. The third-order valence-corrected chi connectivity index (χ3v) is 5.48. The first-order valence-electron chi connectivity index (χ1n) is 6.91. The molecule has 98 valence electrons. The maximum atomic E-state index is 11.8. The minimum absolute atomic E-state index is 0.121. The van der Waals surface area contributed by atoms with Crippen LogP contribution in [-0.4, -0.2) is 29.5 Å². The topological polar surface area (TPSA) is 26.3 Å². The fourth-order valence-electron chi connectivity index (χ4n) is 3.17. The Balaban J connectivity index is 1.98. The zero-order valence-corrected chi connectivity index (χ0v) is 11.9. The van der Waals surface area contributed by atoms with Crippen molar-refractivity contribution in [3.63, 3.8) is 0 Å². The van der Waals surface area contributed by atoms with Crippen LogP contribution in [0.2, 0.25) is 0 Å². The molecule has 0 aromatic rings. The van der Waals surface area contributed by atoms with Crippen LogP contribution >= 0.6 is 11.8 Å². The summed E-state index contributed by atoms with van der Waals surface area (Å²) in [6.07, 6.45) is 5.23. The predicted octanol–water partition coefficient (Wildman–Crippen LogP) is 3.29. The molecule has 2 aliphatic heterocycles. The summed E-state index contributed by atoms with van der Waals surface area (Å²) in [7, 11) is 0. The number of hydrogen-bond acceptors (Lipinski definition) is 3. The molecule has 2 aliphatic rings. The Hall–Kier alpha value is -0.0200. The van der Waals surface area contributed by atoms with Gasteiger partial charge < -0.3 is 4.74 Å². The van der Waals surface area contributed by atoms with Gasteiger partial charge in [0.15, 0.2) is 0 Å². The molecule has 2 fully saturated rings. The molecule has 0 N–H and O–H groups in total. The quantitative estimate of drug-likeness (QED) is 0.775. The summed E-state index contributed by atoms with van der Waals surface area (Å²) in [5, 5.41) is 0. The molecule has 0 aromatic heterocycles. The van der Waals surface area contributed by atoms with Crippen LogP contribution in [0.3, 0.4) is 0 Å². The Bertz CT molecular complexity index is 266. The van der Waals surface area contributed by atoms with Crippen molar-refractivity contribution in [3.05, 3.63) is 0 Å². The van der Waals surface area contributed by atoms with Crippen LogP contribution in [0.4, 0.5) is 0 Å². The van der Waals surface area contributed by atoms with Gasteiger partial charge in [-0.15, -0.1) is 0 Å². The summed E-state index contributed by atoms with van der Waals surface area (Å²) >= 11 is 2.04. The molecule has 0 aromatic carbocycles. The Morgan fingerprint density at radius 2 is 2.18 bits per heavy atom. The van der Waals surface area contributed by atoms with Gasteiger partial charge in [0.25, 0.3) is 0 Å². The van der Waals surface area contributed by atoms with Crippen LogP contribution in [0.5, 0.6) is 0 Å². The molecule has 0 amide bonds. The van der Waals surface area contributed by atoms with Gasteiger partial charge in [-0.1, -0.05) is 13.8 Å². The molecular formula is C14H24O2S. The van der Waals surface area contributed by atoms with Crippen LogP contribution in [0.1, 0.15) is 46.0 Å². The van der Waals surface area contributed by atoms with Crippen molar-refractivity contribution in [1.82, 2.24) is 0 Å². The number of rotatable bonds is 3. The van der Waals surface area contributed by atoms with Gasteiger partial charge in [-0.25, -0.2) is 0 Å².